The number of carboxylic acid groups (broad SMARTS) is 1. The van der Waals surface area contributed by atoms with Crippen molar-refractivity contribution in [3.63, 3.8) is 0 Å². The van der Waals surface area contributed by atoms with Crippen LogP contribution in [0.25, 0.3) is 0 Å². The third kappa shape index (κ3) is 4.06. The molecule has 0 saturated heterocycles. The lowest BCUT2D eigenvalue weighted by molar-refractivity contribution is -0.139. The summed E-state index contributed by atoms with van der Waals surface area (Å²) in [5.41, 5.74) is 1.41. The largest absolute Gasteiger partial charge is 0.480 e. The molecule has 2 atom stereocenters. The number of carbonyl (C=O) groups is 1. The van der Waals surface area contributed by atoms with E-state index in [0.29, 0.717) is 17.9 Å². The number of nitrogens with one attached hydrogen (secondary N) is 1. The molecule has 0 spiro atoms. The molecule has 0 amide bonds. The minimum absolute atomic E-state index is 0.333. The van der Waals surface area contributed by atoms with Crippen LogP contribution in [0.1, 0.15) is 38.7 Å². The summed E-state index contributed by atoms with van der Waals surface area (Å²) in [6.45, 7) is 4.50. The third-order valence-corrected chi connectivity index (χ3v) is 3.99. The molecular weight excluding hydrogens is 238 g/mol. The van der Waals surface area contributed by atoms with Gasteiger partial charge in [-0.3, -0.25) is 4.79 Å². The monoisotopic (exact) mass is 261 g/mol. The molecule has 104 valence electrons. The third-order valence-electron chi connectivity index (χ3n) is 3.99. The Morgan fingerprint density at radius 1 is 1.42 bits per heavy atom. The second-order valence-corrected chi connectivity index (χ2v) is 6.35. The molecule has 3 heteroatoms. The number of rotatable bonds is 5. The Morgan fingerprint density at radius 2 is 2.11 bits per heavy atom. The van der Waals surface area contributed by atoms with Gasteiger partial charge in [-0.2, -0.15) is 0 Å². The van der Waals surface area contributed by atoms with E-state index in [1.54, 1.807) is 0 Å². The van der Waals surface area contributed by atoms with E-state index >= 15 is 0 Å². The predicted octanol–water partition coefficient (Wildman–Crippen LogP) is 2.85. The fourth-order valence-corrected chi connectivity index (χ4v) is 2.93. The first kappa shape index (κ1) is 14.1. The van der Waals surface area contributed by atoms with Gasteiger partial charge in [0.25, 0.3) is 0 Å². The highest BCUT2D eigenvalue weighted by Gasteiger charge is 2.33. The standard InChI is InChI=1S/C16H23NO2/c1-16(2)9-8-13(11-16)17-14(15(18)19)10-12-6-4-3-5-7-12/h3-7,13-14,17H,8-11H2,1-2H3,(H,18,19)/t13?,14-/m1/s1. The van der Waals surface area contributed by atoms with E-state index in [4.69, 9.17) is 0 Å². The zero-order chi connectivity index (χ0) is 13.9. The lowest BCUT2D eigenvalue weighted by Gasteiger charge is -2.22. The van der Waals surface area contributed by atoms with E-state index in [2.05, 4.69) is 19.2 Å². The minimum atomic E-state index is -0.756. The van der Waals surface area contributed by atoms with Gasteiger partial charge in [-0.25, -0.2) is 0 Å². The normalized spacial score (nSPS) is 23.2. The van der Waals surface area contributed by atoms with Gasteiger partial charge in [0, 0.05) is 6.04 Å². The van der Waals surface area contributed by atoms with Crippen LogP contribution in [0, 0.1) is 5.41 Å². The molecule has 0 radical (unpaired) electrons. The Hall–Kier alpha value is -1.35. The molecule has 0 heterocycles. The van der Waals surface area contributed by atoms with Crippen molar-refractivity contribution in [2.45, 2.75) is 51.6 Å². The van der Waals surface area contributed by atoms with Crippen molar-refractivity contribution in [3.05, 3.63) is 35.9 Å². The molecular formula is C16H23NO2. The topological polar surface area (TPSA) is 49.3 Å². The summed E-state index contributed by atoms with van der Waals surface area (Å²) >= 11 is 0. The summed E-state index contributed by atoms with van der Waals surface area (Å²) in [5.74, 6) is -0.756. The summed E-state index contributed by atoms with van der Waals surface area (Å²) in [6.07, 6.45) is 3.85. The molecule has 2 N–H and O–H groups in total. The Kier molecular flexibility index (Phi) is 4.25. The molecule has 1 fully saturated rings. The van der Waals surface area contributed by atoms with Gasteiger partial charge in [-0.1, -0.05) is 44.2 Å². The number of aliphatic carboxylic acids is 1. The van der Waals surface area contributed by atoms with Crippen LogP contribution in [0.4, 0.5) is 0 Å². The smallest absolute Gasteiger partial charge is 0.321 e. The van der Waals surface area contributed by atoms with Gasteiger partial charge in [0.2, 0.25) is 0 Å². The minimum Gasteiger partial charge on any atom is -0.480 e. The maximum absolute atomic E-state index is 11.4. The first-order valence-electron chi connectivity index (χ1n) is 6.99. The Balaban J connectivity index is 1.96. The summed E-state index contributed by atoms with van der Waals surface area (Å²) in [6, 6.07) is 9.67. The van der Waals surface area contributed by atoms with Gasteiger partial charge in [0.15, 0.2) is 0 Å². The van der Waals surface area contributed by atoms with Gasteiger partial charge >= 0.3 is 5.97 Å². The lowest BCUT2D eigenvalue weighted by atomic mass is 9.91. The molecule has 0 aliphatic heterocycles. The molecule has 1 aliphatic rings. The SMILES string of the molecule is CC1(C)CCC(N[C@H](Cc2ccccc2)C(=O)O)C1. The van der Waals surface area contributed by atoms with E-state index in [9.17, 15) is 9.90 Å². The number of hydrogen-bond acceptors (Lipinski definition) is 2. The fourth-order valence-electron chi connectivity index (χ4n) is 2.93. The van der Waals surface area contributed by atoms with Gasteiger partial charge < -0.3 is 10.4 Å². The molecule has 3 nitrogen and oxygen atoms in total. The van der Waals surface area contributed by atoms with Crippen molar-refractivity contribution in [2.75, 3.05) is 0 Å². The van der Waals surface area contributed by atoms with Crippen molar-refractivity contribution >= 4 is 5.97 Å². The van der Waals surface area contributed by atoms with Crippen molar-refractivity contribution in [1.82, 2.24) is 5.32 Å². The molecule has 19 heavy (non-hydrogen) atoms. The molecule has 0 aromatic heterocycles. The highest BCUT2D eigenvalue weighted by molar-refractivity contribution is 5.74. The van der Waals surface area contributed by atoms with Gasteiger partial charge in [-0.05, 0) is 36.7 Å². The van der Waals surface area contributed by atoms with Gasteiger partial charge in [-0.15, -0.1) is 0 Å². The van der Waals surface area contributed by atoms with Crippen LogP contribution in [-0.2, 0) is 11.2 Å². The number of hydrogen-bond donors (Lipinski definition) is 2. The molecule has 0 bridgehead atoms. The van der Waals surface area contributed by atoms with Crippen LogP contribution in [-0.4, -0.2) is 23.2 Å². The molecule has 1 aromatic carbocycles. The van der Waals surface area contributed by atoms with E-state index < -0.39 is 12.0 Å². The van der Waals surface area contributed by atoms with Crippen LogP contribution in [0.5, 0.6) is 0 Å². The maximum atomic E-state index is 11.4. The summed E-state index contributed by atoms with van der Waals surface area (Å²) in [5, 5.41) is 12.7. The van der Waals surface area contributed by atoms with Crippen LogP contribution in [0.3, 0.4) is 0 Å². The predicted molar refractivity (Wildman–Crippen MR) is 76.1 cm³/mol. The molecule has 1 saturated carbocycles. The van der Waals surface area contributed by atoms with Crippen LogP contribution < -0.4 is 5.32 Å². The zero-order valence-corrected chi connectivity index (χ0v) is 11.7. The van der Waals surface area contributed by atoms with Crippen molar-refractivity contribution < 1.29 is 9.90 Å². The van der Waals surface area contributed by atoms with Crippen molar-refractivity contribution in [3.8, 4) is 0 Å². The van der Waals surface area contributed by atoms with Crippen LogP contribution in [0.15, 0.2) is 30.3 Å². The molecule has 1 aromatic rings. The van der Waals surface area contributed by atoms with Gasteiger partial charge in [0.05, 0.1) is 0 Å². The number of benzene rings is 1. The summed E-state index contributed by atoms with van der Waals surface area (Å²) in [4.78, 5) is 11.4. The Labute approximate surface area is 115 Å². The Bertz CT molecular complexity index is 428. The highest BCUT2D eigenvalue weighted by atomic mass is 16.4. The average molecular weight is 261 g/mol. The van der Waals surface area contributed by atoms with E-state index in [0.717, 1.165) is 18.4 Å². The first-order chi connectivity index (χ1) is 8.96. The summed E-state index contributed by atoms with van der Waals surface area (Å²) < 4.78 is 0. The second-order valence-electron chi connectivity index (χ2n) is 6.35. The van der Waals surface area contributed by atoms with Crippen LogP contribution >= 0.6 is 0 Å². The average Bonchev–Trinajstić information content (AvgIpc) is 2.69. The maximum Gasteiger partial charge on any atom is 0.321 e. The van der Waals surface area contributed by atoms with Crippen molar-refractivity contribution in [1.29, 1.82) is 0 Å². The van der Waals surface area contributed by atoms with E-state index in [1.165, 1.54) is 6.42 Å². The van der Waals surface area contributed by atoms with E-state index in [1.807, 2.05) is 30.3 Å². The highest BCUT2D eigenvalue weighted by Crippen LogP contribution is 2.37. The van der Waals surface area contributed by atoms with Crippen molar-refractivity contribution in [2.24, 2.45) is 5.41 Å². The Morgan fingerprint density at radius 3 is 2.63 bits per heavy atom. The zero-order valence-electron chi connectivity index (χ0n) is 11.7. The lowest BCUT2D eigenvalue weighted by Crippen LogP contribution is -2.44. The number of carboxylic acids is 1. The quantitative estimate of drug-likeness (QED) is 0.857. The van der Waals surface area contributed by atoms with Crippen LogP contribution in [0.2, 0.25) is 0 Å². The van der Waals surface area contributed by atoms with E-state index in [-0.39, 0.29) is 0 Å². The first-order valence-corrected chi connectivity index (χ1v) is 6.99. The fraction of sp³-hybridized carbons (Fsp3) is 0.562. The second kappa shape index (κ2) is 5.74. The molecule has 2 rings (SSSR count). The van der Waals surface area contributed by atoms with Gasteiger partial charge in [0.1, 0.15) is 6.04 Å². The molecule has 1 aliphatic carbocycles. The summed E-state index contributed by atoms with van der Waals surface area (Å²) in [7, 11) is 0. The molecule has 1 unspecified atom stereocenters.